The highest BCUT2D eigenvalue weighted by Gasteiger charge is 2.34. The molecule has 1 aromatic heterocycles. The molecule has 0 radical (unpaired) electrons. The number of hydrogen-bond donors (Lipinski definition) is 1. The molecule has 4 nitrogen and oxygen atoms in total. The van der Waals surface area contributed by atoms with Gasteiger partial charge in [0.1, 0.15) is 5.54 Å². The van der Waals surface area contributed by atoms with Crippen molar-refractivity contribution in [2.45, 2.75) is 43.8 Å². The molecule has 0 aliphatic carbocycles. The second kappa shape index (κ2) is 7.86. The Morgan fingerprint density at radius 2 is 2.25 bits per heavy atom. The number of ether oxygens (including phenoxy) is 1. The van der Waals surface area contributed by atoms with Crippen LogP contribution in [0.1, 0.15) is 27.2 Å². The summed E-state index contributed by atoms with van der Waals surface area (Å²) in [5.41, 5.74) is -0.678. The Labute approximate surface area is 129 Å². The summed E-state index contributed by atoms with van der Waals surface area (Å²) >= 11 is 7.39. The quantitative estimate of drug-likeness (QED) is 0.618. The highest BCUT2D eigenvalue weighted by molar-refractivity contribution is 7.99. The molecule has 0 amide bonds. The molecule has 6 heteroatoms. The molecular weight excluding hydrogens is 296 g/mol. The Kier molecular flexibility index (Phi) is 6.79. The Hall–Kier alpha value is -0.780. The van der Waals surface area contributed by atoms with Crippen LogP contribution in [0.4, 0.5) is 0 Å². The number of halogens is 1. The first-order valence-electron chi connectivity index (χ1n) is 6.48. The molecule has 0 aliphatic heterocycles. The van der Waals surface area contributed by atoms with E-state index in [1.807, 2.05) is 32.9 Å². The Morgan fingerprint density at radius 3 is 2.75 bits per heavy atom. The fourth-order valence-corrected chi connectivity index (χ4v) is 3.03. The maximum absolute atomic E-state index is 11.9. The molecule has 1 unspecified atom stereocenters. The lowest BCUT2D eigenvalue weighted by atomic mass is 9.98. The Morgan fingerprint density at radius 1 is 1.55 bits per heavy atom. The summed E-state index contributed by atoms with van der Waals surface area (Å²) in [6, 6.07) is 3.89. The smallest absolute Gasteiger partial charge is 0.325 e. The van der Waals surface area contributed by atoms with Gasteiger partial charge in [0.2, 0.25) is 0 Å². The van der Waals surface area contributed by atoms with E-state index in [-0.39, 0.29) is 12.0 Å². The Balaban J connectivity index is 2.58. The van der Waals surface area contributed by atoms with E-state index < -0.39 is 5.54 Å². The largest absolute Gasteiger partial charge is 0.468 e. The van der Waals surface area contributed by atoms with Gasteiger partial charge in [-0.3, -0.25) is 10.1 Å². The van der Waals surface area contributed by atoms with Gasteiger partial charge in [0.15, 0.2) is 0 Å². The van der Waals surface area contributed by atoms with Crippen molar-refractivity contribution in [3.05, 3.63) is 23.4 Å². The van der Waals surface area contributed by atoms with E-state index >= 15 is 0 Å². The van der Waals surface area contributed by atoms with Crippen LogP contribution < -0.4 is 5.32 Å². The van der Waals surface area contributed by atoms with Crippen LogP contribution in [-0.2, 0) is 9.53 Å². The van der Waals surface area contributed by atoms with E-state index in [9.17, 15) is 4.79 Å². The number of rotatable bonds is 7. The molecule has 0 saturated carbocycles. The van der Waals surface area contributed by atoms with Gasteiger partial charge in [-0.2, -0.15) is 0 Å². The number of carbonyl (C=O) groups is 1. The van der Waals surface area contributed by atoms with Crippen LogP contribution in [0.5, 0.6) is 0 Å². The van der Waals surface area contributed by atoms with Gasteiger partial charge in [0.25, 0.3) is 0 Å². The number of nitrogens with one attached hydrogen (secondary N) is 1. The minimum absolute atomic E-state index is 0.206. The number of esters is 1. The van der Waals surface area contributed by atoms with Crippen LogP contribution in [0.25, 0.3) is 0 Å². The van der Waals surface area contributed by atoms with E-state index in [2.05, 4.69) is 10.3 Å². The highest BCUT2D eigenvalue weighted by Crippen LogP contribution is 2.22. The van der Waals surface area contributed by atoms with E-state index in [4.69, 9.17) is 16.3 Å². The zero-order chi connectivity index (χ0) is 15.2. The highest BCUT2D eigenvalue weighted by atomic mass is 35.5. The van der Waals surface area contributed by atoms with Crippen molar-refractivity contribution in [1.82, 2.24) is 10.3 Å². The van der Waals surface area contributed by atoms with E-state index in [0.717, 1.165) is 10.8 Å². The summed E-state index contributed by atoms with van der Waals surface area (Å²) in [4.78, 5) is 16.1. The maximum atomic E-state index is 11.9. The summed E-state index contributed by atoms with van der Waals surface area (Å²) in [6.45, 7) is 5.89. The van der Waals surface area contributed by atoms with Gasteiger partial charge in [0.05, 0.1) is 17.2 Å². The zero-order valence-corrected chi connectivity index (χ0v) is 13.8. The fraction of sp³-hybridized carbons (Fsp3) is 0.571. The number of hydrogen-bond acceptors (Lipinski definition) is 5. The summed E-state index contributed by atoms with van der Waals surface area (Å²) in [5, 5.41) is 4.79. The topological polar surface area (TPSA) is 51.2 Å². The van der Waals surface area contributed by atoms with Crippen LogP contribution in [0.15, 0.2) is 23.4 Å². The van der Waals surface area contributed by atoms with E-state index in [0.29, 0.717) is 11.4 Å². The van der Waals surface area contributed by atoms with Gasteiger partial charge in [-0.05, 0) is 39.3 Å². The average molecular weight is 317 g/mol. The SMILES string of the molecule is COC(=O)C(C)(CCSc1ccc(Cl)cn1)NC(C)C. The first-order chi connectivity index (χ1) is 9.37. The molecule has 0 aromatic carbocycles. The van der Waals surface area contributed by atoms with Gasteiger partial charge in [-0.25, -0.2) is 4.98 Å². The second-order valence-electron chi connectivity index (χ2n) is 5.04. The van der Waals surface area contributed by atoms with Crippen LogP contribution in [-0.4, -0.2) is 35.4 Å². The second-order valence-corrected chi connectivity index (χ2v) is 6.59. The lowest BCUT2D eigenvalue weighted by Gasteiger charge is -2.30. The molecule has 0 aliphatic rings. The third kappa shape index (κ3) is 5.31. The zero-order valence-electron chi connectivity index (χ0n) is 12.3. The first kappa shape index (κ1) is 17.3. The van der Waals surface area contributed by atoms with Crippen LogP contribution in [0.2, 0.25) is 5.02 Å². The summed E-state index contributed by atoms with van der Waals surface area (Å²) in [5.74, 6) is 0.524. The van der Waals surface area contributed by atoms with Crippen molar-refractivity contribution in [2.24, 2.45) is 0 Å². The number of aromatic nitrogens is 1. The van der Waals surface area contributed by atoms with E-state index in [1.54, 1.807) is 18.0 Å². The minimum Gasteiger partial charge on any atom is -0.468 e. The monoisotopic (exact) mass is 316 g/mol. The first-order valence-corrected chi connectivity index (χ1v) is 7.84. The lowest BCUT2D eigenvalue weighted by Crippen LogP contribution is -2.53. The molecule has 0 saturated heterocycles. The number of pyridine rings is 1. The molecule has 1 aromatic rings. The Bertz CT molecular complexity index is 439. The molecular formula is C14H21ClN2O2S. The van der Waals surface area contributed by atoms with Gasteiger partial charge in [-0.1, -0.05) is 11.6 Å². The number of nitrogens with zero attached hydrogens (tertiary/aromatic N) is 1. The average Bonchev–Trinajstić information content (AvgIpc) is 2.39. The van der Waals surface area contributed by atoms with Crippen molar-refractivity contribution in [3.8, 4) is 0 Å². The molecule has 1 rings (SSSR count). The van der Waals surface area contributed by atoms with Gasteiger partial charge in [0, 0.05) is 18.0 Å². The molecule has 0 bridgehead atoms. The van der Waals surface area contributed by atoms with Crippen molar-refractivity contribution < 1.29 is 9.53 Å². The van der Waals surface area contributed by atoms with Crippen molar-refractivity contribution in [3.63, 3.8) is 0 Å². The van der Waals surface area contributed by atoms with Crippen LogP contribution in [0, 0.1) is 0 Å². The van der Waals surface area contributed by atoms with Crippen molar-refractivity contribution in [2.75, 3.05) is 12.9 Å². The molecule has 20 heavy (non-hydrogen) atoms. The summed E-state index contributed by atoms with van der Waals surface area (Å²) < 4.78 is 4.89. The number of carbonyl (C=O) groups excluding carboxylic acids is 1. The molecule has 1 N–H and O–H groups in total. The van der Waals surface area contributed by atoms with Crippen molar-refractivity contribution >= 4 is 29.3 Å². The maximum Gasteiger partial charge on any atom is 0.325 e. The molecule has 1 atom stereocenters. The molecule has 0 fully saturated rings. The van der Waals surface area contributed by atoms with Crippen molar-refractivity contribution in [1.29, 1.82) is 0 Å². The van der Waals surface area contributed by atoms with Gasteiger partial charge >= 0.3 is 5.97 Å². The number of thioether (sulfide) groups is 1. The lowest BCUT2D eigenvalue weighted by molar-refractivity contribution is -0.148. The fourth-order valence-electron chi connectivity index (χ4n) is 1.90. The third-order valence-electron chi connectivity index (χ3n) is 2.80. The normalized spacial score (nSPS) is 14.1. The molecule has 0 spiro atoms. The predicted octanol–water partition coefficient (Wildman–Crippen LogP) is 3.15. The number of methoxy groups -OCH3 is 1. The minimum atomic E-state index is -0.678. The predicted molar refractivity (Wildman–Crippen MR) is 83.3 cm³/mol. The molecule has 112 valence electrons. The summed E-state index contributed by atoms with van der Waals surface area (Å²) in [6.07, 6.45) is 2.28. The molecule has 1 heterocycles. The van der Waals surface area contributed by atoms with Gasteiger partial charge < -0.3 is 4.74 Å². The van der Waals surface area contributed by atoms with Crippen LogP contribution >= 0.6 is 23.4 Å². The van der Waals surface area contributed by atoms with Crippen LogP contribution in [0.3, 0.4) is 0 Å². The third-order valence-corrected chi connectivity index (χ3v) is 3.96. The van der Waals surface area contributed by atoms with E-state index in [1.165, 1.54) is 7.11 Å². The standard InChI is InChI=1S/C14H21ClN2O2S/c1-10(2)17-14(3,13(18)19-4)7-8-20-12-6-5-11(15)9-16-12/h5-6,9-10,17H,7-8H2,1-4H3. The summed E-state index contributed by atoms with van der Waals surface area (Å²) in [7, 11) is 1.41. The van der Waals surface area contributed by atoms with Gasteiger partial charge in [-0.15, -0.1) is 11.8 Å².